The van der Waals surface area contributed by atoms with Crippen LogP contribution in [0.5, 0.6) is 5.75 Å². The SMILES string of the molecule is CCCCCCCCCCCCCCCCCCOC[C@H](COP(=O)(O)OC[C@@]1(C=NC)O[C@@H](c2ccc3c(N)ncnn23)[C@H](O)[C@@H]1O)Oc1ccc(C#N)nc1. The first-order chi connectivity index (χ1) is 27.6. The highest BCUT2D eigenvalue weighted by Gasteiger charge is 2.55. The quantitative estimate of drug-likeness (QED) is 0.0326. The van der Waals surface area contributed by atoms with Gasteiger partial charge in [-0.1, -0.05) is 103 Å². The van der Waals surface area contributed by atoms with E-state index in [-0.39, 0.29) is 18.1 Å². The van der Waals surface area contributed by atoms with Crippen LogP contribution in [0.3, 0.4) is 0 Å². The van der Waals surface area contributed by atoms with E-state index in [4.69, 9.17) is 34.3 Å². The molecular formula is C40H62N7O9P. The molecule has 1 aliphatic rings. The van der Waals surface area contributed by atoms with E-state index in [1.54, 1.807) is 18.2 Å². The average molecular weight is 816 g/mol. The minimum absolute atomic E-state index is 0.0419. The molecule has 0 aliphatic carbocycles. The molecule has 0 radical (unpaired) electrons. The van der Waals surface area contributed by atoms with Crippen molar-refractivity contribution in [2.24, 2.45) is 4.99 Å². The molecule has 0 spiro atoms. The molecule has 1 fully saturated rings. The zero-order valence-electron chi connectivity index (χ0n) is 33.5. The number of aliphatic hydroxyl groups is 2. The summed E-state index contributed by atoms with van der Waals surface area (Å²) >= 11 is 0. The summed E-state index contributed by atoms with van der Waals surface area (Å²) in [5, 5.41) is 35.5. The number of phosphoric acid groups is 1. The zero-order chi connectivity index (χ0) is 40.9. The Kier molecular flexibility index (Phi) is 19.8. The van der Waals surface area contributed by atoms with Gasteiger partial charge >= 0.3 is 7.82 Å². The standard InChI is InChI=1S/C40H62N7O9P/c1-3-4-5-6-7-8-9-10-11-12-13-14-15-16-17-18-23-52-26-33(55-32-20-19-31(24-41)44-25-32)27-53-57(50,51)54-29-40(28-43-2)38(49)36(48)37(56-40)34-21-22-35-39(42)45-30-46-47(34)35/h19-22,25,28,30,33,36-38,48-49H,3-18,23,26-27,29H2,1-2H3,(H,50,51)(H2,42,45,46)/t33-,36+,37+,38+,40-/m1/s1. The van der Waals surface area contributed by atoms with E-state index in [2.05, 4.69) is 27.0 Å². The van der Waals surface area contributed by atoms with Crippen LogP contribution in [0.15, 0.2) is 41.8 Å². The van der Waals surface area contributed by atoms with Gasteiger partial charge in [0.2, 0.25) is 0 Å². The predicted molar refractivity (Wildman–Crippen MR) is 216 cm³/mol. The highest BCUT2D eigenvalue weighted by Crippen LogP contribution is 2.47. The summed E-state index contributed by atoms with van der Waals surface area (Å²) in [5.41, 5.74) is 5.15. The first-order valence-electron chi connectivity index (χ1n) is 20.4. The second kappa shape index (κ2) is 24.4. The van der Waals surface area contributed by atoms with Gasteiger partial charge in [-0.05, 0) is 30.7 Å². The van der Waals surface area contributed by atoms with E-state index in [9.17, 15) is 19.7 Å². The molecule has 0 bridgehead atoms. The van der Waals surface area contributed by atoms with Crippen molar-refractivity contribution >= 4 is 25.4 Å². The van der Waals surface area contributed by atoms with Crippen LogP contribution < -0.4 is 10.5 Å². The van der Waals surface area contributed by atoms with Gasteiger partial charge in [0.1, 0.15) is 53.8 Å². The number of fused-ring (bicyclic) bond motifs is 1. The fourth-order valence-electron chi connectivity index (χ4n) is 6.93. The molecule has 4 heterocycles. The van der Waals surface area contributed by atoms with Crippen molar-refractivity contribution in [1.82, 2.24) is 19.6 Å². The highest BCUT2D eigenvalue weighted by atomic mass is 31.2. The molecule has 6 atom stereocenters. The van der Waals surface area contributed by atoms with Crippen LogP contribution in [-0.4, -0.2) is 98.3 Å². The fourth-order valence-corrected chi connectivity index (χ4v) is 7.72. The van der Waals surface area contributed by atoms with Gasteiger partial charge in [0.25, 0.3) is 0 Å². The number of nitrogens with zero attached hydrogens (tertiary/aromatic N) is 6. The molecule has 3 aromatic rings. The summed E-state index contributed by atoms with van der Waals surface area (Å²) in [4.78, 5) is 22.7. The summed E-state index contributed by atoms with van der Waals surface area (Å²) in [7, 11) is -3.38. The Morgan fingerprint density at radius 1 is 0.965 bits per heavy atom. The van der Waals surface area contributed by atoms with Crippen molar-refractivity contribution in [3.63, 3.8) is 0 Å². The lowest BCUT2D eigenvalue weighted by Gasteiger charge is -2.28. The summed E-state index contributed by atoms with van der Waals surface area (Å²) in [6, 6.07) is 8.26. The molecule has 5 N–H and O–H groups in total. The number of nitrogen functional groups attached to an aromatic ring is 1. The van der Waals surface area contributed by atoms with Crippen molar-refractivity contribution in [1.29, 1.82) is 5.26 Å². The maximum atomic E-state index is 13.2. The molecular weight excluding hydrogens is 753 g/mol. The Bertz CT molecular complexity index is 1720. The maximum Gasteiger partial charge on any atom is 0.472 e. The number of pyridine rings is 1. The zero-order valence-corrected chi connectivity index (χ0v) is 34.4. The lowest BCUT2D eigenvalue weighted by Crippen LogP contribution is -2.48. The topological polar surface area (TPSA) is 229 Å². The molecule has 4 rings (SSSR count). The van der Waals surface area contributed by atoms with Gasteiger partial charge in [-0.3, -0.25) is 14.0 Å². The third-order valence-corrected chi connectivity index (χ3v) is 11.0. The summed E-state index contributed by atoms with van der Waals surface area (Å²) < 4.78 is 43.3. The smallest absolute Gasteiger partial charge is 0.472 e. The summed E-state index contributed by atoms with van der Waals surface area (Å²) in [6.45, 7) is 1.67. The number of rotatable bonds is 29. The van der Waals surface area contributed by atoms with Crippen molar-refractivity contribution in [2.45, 2.75) is 140 Å². The van der Waals surface area contributed by atoms with Gasteiger partial charge < -0.3 is 35.1 Å². The van der Waals surface area contributed by atoms with Gasteiger partial charge in [0, 0.05) is 19.9 Å². The minimum atomic E-state index is -4.80. The number of aliphatic imine (C=N–C) groups is 1. The molecule has 57 heavy (non-hydrogen) atoms. The number of hydrogen-bond donors (Lipinski definition) is 4. The number of aromatic nitrogens is 4. The monoisotopic (exact) mass is 815 g/mol. The third kappa shape index (κ3) is 14.7. The number of hydrogen-bond acceptors (Lipinski definition) is 14. The van der Waals surface area contributed by atoms with Gasteiger partial charge in [-0.25, -0.2) is 19.0 Å². The molecule has 1 aliphatic heterocycles. The minimum Gasteiger partial charge on any atom is -0.484 e. The fraction of sp³-hybridized carbons (Fsp3) is 0.675. The average Bonchev–Trinajstić information content (AvgIpc) is 3.75. The van der Waals surface area contributed by atoms with Gasteiger partial charge in [0.05, 0.1) is 31.7 Å². The Balaban J connectivity index is 1.21. The molecule has 0 saturated carbocycles. The molecule has 0 amide bonds. The second-order valence-corrected chi connectivity index (χ2v) is 16.1. The van der Waals surface area contributed by atoms with Crippen molar-refractivity contribution in [3.8, 4) is 11.8 Å². The van der Waals surface area contributed by atoms with Crippen LogP contribution in [0.2, 0.25) is 0 Å². The molecule has 1 saturated heterocycles. The number of nitriles is 1. The number of aliphatic hydroxyl groups excluding tert-OH is 2. The molecule has 316 valence electrons. The molecule has 17 heteroatoms. The molecule has 0 aromatic carbocycles. The van der Waals surface area contributed by atoms with Crippen molar-refractivity contribution in [2.75, 3.05) is 39.2 Å². The third-order valence-electron chi connectivity index (χ3n) is 10.1. The molecule has 3 aromatic heterocycles. The van der Waals surface area contributed by atoms with Crippen LogP contribution in [0.4, 0.5) is 5.82 Å². The Hall–Kier alpha value is -3.52. The van der Waals surface area contributed by atoms with E-state index in [0.29, 0.717) is 23.6 Å². The number of ether oxygens (including phenoxy) is 3. The van der Waals surface area contributed by atoms with E-state index >= 15 is 0 Å². The first kappa shape index (κ1) is 46.2. The Morgan fingerprint density at radius 2 is 1.61 bits per heavy atom. The van der Waals surface area contributed by atoms with Crippen LogP contribution in [0, 0.1) is 11.3 Å². The normalized spacial score (nSPS) is 21.2. The van der Waals surface area contributed by atoms with E-state index in [1.165, 1.54) is 120 Å². The van der Waals surface area contributed by atoms with Gasteiger partial charge in [-0.15, -0.1) is 0 Å². The van der Waals surface area contributed by atoms with Crippen LogP contribution in [0.25, 0.3) is 5.52 Å². The highest BCUT2D eigenvalue weighted by molar-refractivity contribution is 7.47. The van der Waals surface area contributed by atoms with Crippen molar-refractivity contribution in [3.05, 3.63) is 48.2 Å². The number of anilines is 1. The number of nitrogens with two attached hydrogens (primary N) is 1. The Morgan fingerprint density at radius 3 is 2.21 bits per heavy atom. The number of unbranched alkanes of at least 4 members (excludes halogenated alkanes) is 15. The van der Waals surface area contributed by atoms with Crippen LogP contribution >= 0.6 is 7.82 Å². The summed E-state index contributed by atoms with van der Waals surface area (Å²) in [5.74, 6) is 0.517. The first-order valence-corrected chi connectivity index (χ1v) is 21.9. The molecule has 1 unspecified atom stereocenters. The largest absolute Gasteiger partial charge is 0.484 e. The number of phosphoric ester groups is 1. The Labute approximate surface area is 336 Å². The van der Waals surface area contributed by atoms with Crippen molar-refractivity contribution < 1.29 is 42.9 Å². The maximum absolute atomic E-state index is 13.2. The van der Waals surface area contributed by atoms with E-state index in [0.717, 1.165) is 19.3 Å². The predicted octanol–water partition coefficient (Wildman–Crippen LogP) is 6.67. The van der Waals surface area contributed by atoms with Crippen LogP contribution in [0.1, 0.15) is 127 Å². The van der Waals surface area contributed by atoms with E-state index < -0.39 is 51.1 Å². The lowest BCUT2D eigenvalue weighted by molar-refractivity contribution is -0.0644. The van der Waals surface area contributed by atoms with Gasteiger partial charge in [0.15, 0.2) is 11.4 Å². The second-order valence-electron chi connectivity index (χ2n) is 14.7. The lowest BCUT2D eigenvalue weighted by atomic mass is 9.96. The molecule has 16 nitrogen and oxygen atoms in total. The van der Waals surface area contributed by atoms with E-state index in [1.807, 2.05) is 6.07 Å². The van der Waals surface area contributed by atoms with Crippen LogP contribution in [-0.2, 0) is 23.1 Å². The summed E-state index contributed by atoms with van der Waals surface area (Å²) in [6.07, 6.45) is 19.1. The van der Waals surface area contributed by atoms with Gasteiger partial charge in [-0.2, -0.15) is 10.4 Å².